The van der Waals surface area contributed by atoms with Gasteiger partial charge in [-0.25, -0.2) is 9.97 Å². The average Bonchev–Trinajstić information content (AvgIpc) is 2.96. The van der Waals surface area contributed by atoms with Gasteiger partial charge in [0.1, 0.15) is 6.54 Å². The number of unbranched alkanes of at least 4 members (excludes halogenated alkanes) is 1. The first-order valence-corrected chi connectivity index (χ1v) is 13.9. The average molecular weight is 530 g/mol. The lowest BCUT2D eigenvalue weighted by molar-refractivity contribution is -0.137. The van der Waals surface area contributed by atoms with Crippen LogP contribution >= 0.6 is 0 Å². The molecule has 0 bridgehead atoms. The number of aliphatic carboxylic acids is 1. The Balaban J connectivity index is 1.47. The summed E-state index contributed by atoms with van der Waals surface area (Å²) >= 11 is 0. The van der Waals surface area contributed by atoms with E-state index in [2.05, 4.69) is 34.1 Å². The number of hydrogen-bond donors (Lipinski definition) is 2. The molecule has 4 rings (SSSR count). The molecule has 0 saturated carbocycles. The van der Waals surface area contributed by atoms with Crippen molar-refractivity contribution in [3.8, 4) is 0 Å². The summed E-state index contributed by atoms with van der Waals surface area (Å²) in [6.45, 7) is 2.24. The van der Waals surface area contributed by atoms with Gasteiger partial charge in [0.2, 0.25) is 5.95 Å². The van der Waals surface area contributed by atoms with E-state index in [0.717, 1.165) is 50.8 Å². The number of carboxylic acid groups (broad SMARTS) is 1. The molecule has 1 amide bonds. The lowest BCUT2D eigenvalue weighted by atomic mass is 9.90. The molecule has 2 aromatic carbocycles. The van der Waals surface area contributed by atoms with Gasteiger partial charge >= 0.3 is 5.97 Å². The lowest BCUT2D eigenvalue weighted by Gasteiger charge is -2.32. The van der Waals surface area contributed by atoms with Crippen molar-refractivity contribution in [2.24, 2.45) is 11.7 Å². The van der Waals surface area contributed by atoms with Crippen LogP contribution in [0.3, 0.4) is 0 Å². The van der Waals surface area contributed by atoms with Crippen LogP contribution in [0, 0.1) is 5.92 Å². The van der Waals surface area contributed by atoms with Gasteiger partial charge in [0.05, 0.1) is 11.3 Å². The summed E-state index contributed by atoms with van der Waals surface area (Å²) in [5.74, 6) is -0.120. The summed E-state index contributed by atoms with van der Waals surface area (Å²) in [6.07, 6.45) is 7.59. The molecule has 0 radical (unpaired) electrons. The topological polar surface area (TPSA) is 113 Å². The predicted octanol–water partition coefficient (Wildman–Crippen LogP) is 3.99. The van der Waals surface area contributed by atoms with Crippen LogP contribution in [-0.4, -0.2) is 64.6 Å². The van der Waals surface area contributed by atoms with Gasteiger partial charge in [0.25, 0.3) is 5.91 Å². The number of benzene rings is 2. The van der Waals surface area contributed by atoms with E-state index in [-0.39, 0.29) is 12.5 Å². The fourth-order valence-corrected chi connectivity index (χ4v) is 5.14. The second kappa shape index (κ2) is 14.4. The highest BCUT2D eigenvalue weighted by Crippen LogP contribution is 2.25. The SMILES string of the molecule is NCCCCc1nc(N2CCC(Cc3ccccc3)CC2)ncc1C(=O)N(CCc1ccccc1)CC(=O)O. The van der Waals surface area contributed by atoms with Gasteiger partial charge in [-0.15, -0.1) is 0 Å². The third-order valence-electron chi connectivity index (χ3n) is 7.34. The molecule has 0 aliphatic carbocycles. The molecule has 1 fully saturated rings. The summed E-state index contributed by atoms with van der Waals surface area (Å²) < 4.78 is 0. The standard InChI is InChI=1S/C31H39N5O3/c32-17-8-7-13-28-27(30(39)36(23-29(37)38)20-14-24-9-3-1-4-10-24)22-33-31(34-28)35-18-15-26(16-19-35)21-25-11-5-2-6-12-25/h1-6,9-12,22,26H,7-8,13-21,23,32H2,(H,37,38). The number of nitrogens with two attached hydrogens (primary N) is 1. The zero-order valence-electron chi connectivity index (χ0n) is 22.5. The Hall–Kier alpha value is -3.78. The third-order valence-corrected chi connectivity index (χ3v) is 7.34. The monoisotopic (exact) mass is 529 g/mol. The summed E-state index contributed by atoms with van der Waals surface area (Å²) in [7, 11) is 0. The molecule has 2 heterocycles. The van der Waals surface area contributed by atoms with E-state index in [0.29, 0.717) is 49.1 Å². The van der Waals surface area contributed by atoms with Gasteiger partial charge < -0.3 is 20.6 Å². The highest BCUT2D eigenvalue weighted by atomic mass is 16.4. The van der Waals surface area contributed by atoms with E-state index >= 15 is 0 Å². The molecule has 0 spiro atoms. The van der Waals surface area contributed by atoms with Gasteiger partial charge in [0.15, 0.2) is 0 Å². The molecule has 39 heavy (non-hydrogen) atoms. The van der Waals surface area contributed by atoms with E-state index in [4.69, 9.17) is 10.7 Å². The highest BCUT2D eigenvalue weighted by molar-refractivity contribution is 5.96. The highest BCUT2D eigenvalue weighted by Gasteiger charge is 2.25. The number of carbonyl (C=O) groups is 2. The Morgan fingerprint density at radius 1 is 0.949 bits per heavy atom. The second-order valence-electron chi connectivity index (χ2n) is 10.3. The number of rotatable bonds is 13. The van der Waals surface area contributed by atoms with Crippen LogP contribution in [0.4, 0.5) is 5.95 Å². The maximum atomic E-state index is 13.6. The Kier molecular flexibility index (Phi) is 10.4. The first-order valence-electron chi connectivity index (χ1n) is 13.9. The summed E-state index contributed by atoms with van der Waals surface area (Å²) in [6, 6.07) is 20.4. The Morgan fingerprint density at radius 2 is 1.62 bits per heavy atom. The molecule has 3 N–H and O–H groups in total. The largest absolute Gasteiger partial charge is 0.480 e. The van der Waals surface area contributed by atoms with E-state index in [1.54, 1.807) is 6.20 Å². The van der Waals surface area contributed by atoms with Crippen LogP contribution in [-0.2, 0) is 24.1 Å². The van der Waals surface area contributed by atoms with Crippen molar-refractivity contribution in [3.05, 3.63) is 89.2 Å². The van der Waals surface area contributed by atoms with Crippen molar-refractivity contribution >= 4 is 17.8 Å². The van der Waals surface area contributed by atoms with Crippen molar-refractivity contribution in [2.75, 3.05) is 37.6 Å². The molecule has 8 heteroatoms. The molecule has 3 aromatic rings. The number of carbonyl (C=O) groups excluding carboxylic acids is 1. The molecule has 1 aliphatic heterocycles. The fraction of sp³-hybridized carbons (Fsp3) is 0.419. The zero-order valence-corrected chi connectivity index (χ0v) is 22.5. The van der Waals surface area contributed by atoms with Crippen LogP contribution in [0.25, 0.3) is 0 Å². The number of nitrogens with zero attached hydrogens (tertiary/aromatic N) is 4. The molecular weight excluding hydrogens is 490 g/mol. The van der Waals surface area contributed by atoms with Crippen molar-refractivity contribution < 1.29 is 14.7 Å². The minimum absolute atomic E-state index is 0.300. The first kappa shape index (κ1) is 28.2. The molecule has 0 unspecified atom stereocenters. The van der Waals surface area contributed by atoms with Crippen molar-refractivity contribution in [2.45, 2.75) is 44.9 Å². The van der Waals surface area contributed by atoms with Gasteiger partial charge in [0, 0.05) is 25.8 Å². The van der Waals surface area contributed by atoms with Gasteiger partial charge in [-0.3, -0.25) is 9.59 Å². The Bertz CT molecular complexity index is 1200. The van der Waals surface area contributed by atoms with Crippen LogP contribution in [0.5, 0.6) is 0 Å². The molecule has 1 aliphatic rings. The normalized spacial score (nSPS) is 13.8. The van der Waals surface area contributed by atoms with Crippen LogP contribution in [0.15, 0.2) is 66.9 Å². The maximum Gasteiger partial charge on any atom is 0.323 e. The molecule has 206 valence electrons. The first-order chi connectivity index (χ1) is 19.0. The minimum Gasteiger partial charge on any atom is -0.480 e. The number of amides is 1. The van der Waals surface area contributed by atoms with E-state index in [9.17, 15) is 14.7 Å². The van der Waals surface area contributed by atoms with Crippen molar-refractivity contribution in [1.82, 2.24) is 14.9 Å². The lowest BCUT2D eigenvalue weighted by Crippen LogP contribution is -2.38. The quantitative estimate of drug-likeness (QED) is 0.322. The van der Waals surface area contributed by atoms with Crippen LogP contribution in [0.1, 0.15) is 52.9 Å². The number of anilines is 1. The molecule has 0 atom stereocenters. The predicted molar refractivity (Wildman–Crippen MR) is 153 cm³/mol. The minimum atomic E-state index is -1.04. The molecular formula is C31H39N5O3. The summed E-state index contributed by atoms with van der Waals surface area (Å²) in [5, 5.41) is 9.50. The van der Waals surface area contributed by atoms with Crippen molar-refractivity contribution in [1.29, 1.82) is 0 Å². The van der Waals surface area contributed by atoms with Crippen molar-refractivity contribution in [3.63, 3.8) is 0 Å². The molecule has 1 aromatic heterocycles. The number of carboxylic acids is 1. The Morgan fingerprint density at radius 3 is 2.26 bits per heavy atom. The van der Waals surface area contributed by atoms with Gasteiger partial charge in [-0.05, 0) is 68.5 Å². The Labute approximate surface area is 230 Å². The number of piperidine rings is 1. The van der Waals surface area contributed by atoms with E-state index in [1.807, 2.05) is 36.4 Å². The molecule has 8 nitrogen and oxygen atoms in total. The number of aryl methyl sites for hydroxylation is 1. The van der Waals surface area contributed by atoms with Gasteiger partial charge in [-0.2, -0.15) is 0 Å². The molecule has 1 saturated heterocycles. The summed E-state index contributed by atoms with van der Waals surface area (Å²) in [4.78, 5) is 38.3. The van der Waals surface area contributed by atoms with Gasteiger partial charge in [-0.1, -0.05) is 60.7 Å². The van der Waals surface area contributed by atoms with Crippen LogP contribution < -0.4 is 10.6 Å². The van der Waals surface area contributed by atoms with Crippen LogP contribution in [0.2, 0.25) is 0 Å². The number of aromatic nitrogens is 2. The fourth-order valence-electron chi connectivity index (χ4n) is 5.14. The second-order valence-corrected chi connectivity index (χ2v) is 10.3. The van der Waals surface area contributed by atoms with E-state index < -0.39 is 5.97 Å². The van der Waals surface area contributed by atoms with E-state index in [1.165, 1.54) is 10.5 Å². The maximum absolute atomic E-state index is 13.6. The third kappa shape index (κ3) is 8.35. The summed E-state index contributed by atoms with van der Waals surface area (Å²) in [5.41, 5.74) is 9.19. The smallest absolute Gasteiger partial charge is 0.323 e. The zero-order chi connectivity index (χ0) is 27.5. The number of hydrogen-bond acceptors (Lipinski definition) is 6.